The average Bonchev–Trinajstić information content (AvgIpc) is 2.80. The van der Waals surface area contributed by atoms with Gasteiger partial charge in [0.25, 0.3) is 15.9 Å². The molecular formula is C24H26N2O6S. The number of aryl methyl sites for hydroxylation is 2. The third-order valence-electron chi connectivity index (χ3n) is 4.95. The second kappa shape index (κ2) is 10.3. The van der Waals surface area contributed by atoms with Crippen molar-refractivity contribution < 1.29 is 27.4 Å². The van der Waals surface area contributed by atoms with E-state index in [1.54, 1.807) is 30.3 Å². The highest BCUT2D eigenvalue weighted by Gasteiger charge is 2.19. The van der Waals surface area contributed by atoms with Crippen LogP contribution in [0.5, 0.6) is 17.2 Å². The number of carbonyl (C=O) groups excluding carboxylic acids is 1. The number of hydrogen-bond acceptors (Lipinski definition) is 6. The average molecular weight is 471 g/mol. The summed E-state index contributed by atoms with van der Waals surface area (Å²) in [7, 11) is -1.08. The number of anilines is 2. The lowest BCUT2D eigenvalue weighted by atomic mass is 10.1. The van der Waals surface area contributed by atoms with E-state index < -0.39 is 15.9 Å². The summed E-state index contributed by atoms with van der Waals surface area (Å²) in [4.78, 5) is 12.4. The van der Waals surface area contributed by atoms with E-state index in [1.165, 1.54) is 32.4 Å². The molecular weight excluding hydrogens is 444 g/mol. The van der Waals surface area contributed by atoms with E-state index in [0.29, 0.717) is 22.9 Å². The fourth-order valence-electron chi connectivity index (χ4n) is 3.02. The van der Waals surface area contributed by atoms with E-state index in [-0.39, 0.29) is 17.2 Å². The van der Waals surface area contributed by atoms with E-state index in [0.717, 1.165) is 11.1 Å². The summed E-state index contributed by atoms with van der Waals surface area (Å²) in [6, 6.07) is 16.4. The van der Waals surface area contributed by atoms with Crippen LogP contribution in [0.2, 0.25) is 0 Å². The van der Waals surface area contributed by atoms with Gasteiger partial charge in [0, 0.05) is 0 Å². The van der Waals surface area contributed by atoms with Crippen molar-refractivity contribution in [1.29, 1.82) is 0 Å². The molecule has 0 bridgehead atoms. The number of benzene rings is 3. The second-order valence-electron chi connectivity index (χ2n) is 7.25. The zero-order chi connectivity index (χ0) is 24.0. The molecule has 33 heavy (non-hydrogen) atoms. The Balaban J connectivity index is 1.77. The SMILES string of the molecule is COc1ccc(S(=O)(=O)Nc2ccccc2OC)cc1NC(=O)COc1ccc(C)c(C)c1. The van der Waals surface area contributed by atoms with Crippen LogP contribution in [0.3, 0.4) is 0 Å². The summed E-state index contributed by atoms with van der Waals surface area (Å²) in [5.74, 6) is 0.800. The van der Waals surface area contributed by atoms with Crippen LogP contribution >= 0.6 is 0 Å². The zero-order valence-electron chi connectivity index (χ0n) is 18.8. The lowest BCUT2D eigenvalue weighted by Crippen LogP contribution is -2.21. The highest BCUT2D eigenvalue weighted by molar-refractivity contribution is 7.92. The standard InChI is InChI=1S/C24H26N2O6S/c1-16-9-10-18(13-17(16)2)32-15-24(27)25-21-14-19(11-12-23(21)31-4)33(28,29)26-20-7-5-6-8-22(20)30-3/h5-14,26H,15H2,1-4H3,(H,25,27). The third kappa shape index (κ3) is 5.95. The third-order valence-corrected chi connectivity index (χ3v) is 6.32. The molecule has 0 aliphatic carbocycles. The first kappa shape index (κ1) is 23.9. The van der Waals surface area contributed by atoms with Crippen LogP contribution in [0.15, 0.2) is 65.6 Å². The monoisotopic (exact) mass is 470 g/mol. The van der Waals surface area contributed by atoms with E-state index in [1.807, 2.05) is 26.0 Å². The van der Waals surface area contributed by atoms with Gasteiger partial charge in [0.2, 0.25) is 0 Å². The molecule has 174 valence electrons. The van der Waals surface area contributed by atoms with Crippen LogP contribution in [-0.4, -0.2) is 35.2 Å². The molecule has 8 nitrogen and oxygen atoms in total. The summed E-state index contributed by atoms with van der Waals surface area (Å²) in [6.45, 7) is 3.70. The minimum atomic E-state index is -3.96. The maximum absolute atomic E-state index is 12.9. The van der Waals surface area contributed by atoms with Crippen molar-refractivity contribution in [2.45, 2.75) is 18.7 Å². The fourth-order valence-corrected chi connectivity index (χ4v) is 4.12. The molecule has 2 N–H and O–H groups in total. The van der Waals surface area contributed by atoms with E-state index >= 15 is 0 Å². The molecule has 3 aromatic carbocycles. The van der Waals surface area contributed by atoms with Gasteiger partial charge in [0.15, 0.2) is 6.61 Å². The lowest BCUT2D eigenvalue weighted by Gasteiger charge is -2.15. The maximum Gasteiger partial charge on any atom is 0.262 e. The van der Waals surface area contributed by atoms with Crippen LogP contribution in [0.1, 0.15) is 11.1 Å². The number of hydrogen-bond donors (Lipinski definition) is 2. The van der Waals surface area contributed by atoms with Crippen molar-refractivity contribution in [3.05, 3.63) is 71.8 Å². The van der Waals surface area contributed by atoms with Crippen molar-refractivity contribution in [1.82, 2.24) is 0 Å². The molecule has 3 aromatic rings. The van der Waals surface area contributed by atoms with Crippen molar-refractivity contribution >= 4 is 27.3 Å². The van der Waals surface area contributed by atoms with Gasteiger partial charge >= 0.3 is 0 Å². The molecule has 0 radical (unpaired) electrons. The van der Waals surface area contributed by atoms with Crippen molar-refractivity contribution in [2.24, 2.45) is 0 Å². The number of sulfonamides is 1. The van der Waals surface area contributed by atoms with E-state index in [9.17, 15) is 13.2 Å². The number of methoxy groups -OCH3 is 2. The molecule has 3 rings (SSSR count). The number of carbonyl (C=O) groups is 1. The second-order valence-corrected chi connectivity index (χ2v) is 8.93. The first-order chi connectivity index (χ1) is 15.7. The molecule has 0 atom stereocenters. The molecule has 0 aliphatic heterocycles. The summed E-state index contributed by atoms with van der Waals surface area (Å²) < 4.78 is 44.4. The zero-order valence-corrected chi connectivity index (χ0v) is 19.7. The summed E-state index contributed by atoms with van der Waals surface area (Å²) in [6.07, 6.45) is 0. The molecule has 0 fully saturated rings. The molecule has 0 heterocycles. The number of amides is 1. The highest BCUT2D eigenvalue weighted by atomic mass is 32.2. The van der Waals surface area contributed by atoms with Gasteiger partial charge in [-0.3, -0.25) is 9.52 Å². The Morgan fingerprint density at radius 2 is 1.55 bits per heavy atom. The lowest BCUT2D eigenvalue weighted by molar-refractivity contribution is -0.118. The predicted molar refractivity (Wildman–Crippen MR) is 127 cm³/mol. The van der Waals surface area contributed by atoms with E-state index in [2.05, 4.69) is 10.0 Å². The first-order valence-corrected chi connectivity index (χ1v) is 11.6. The fraction of sp³-hybridized carbons (Fsp3) is 0.208. The maximum atomic E-state index is 12.9. The minimum Gasteiger partial charge on any atom is -0.495 e. The van der Waals surface area contributed by atoms with Gasteiger partial charge < -0.3 is 19.5 Å². The minimum absolute atomic E-state index is 0.0559. The predicted octanol–water partition coefficient (Wildman–Crippen LogP) is 4.14. The molecule has 9 heteroatoms. The van der Waals surface area contributed by atoms with Crippen molar-refractivity contribution in [2.75, 3.05) is 30.9 Å². The quantitative estimate of drug-likeness (QED) is 0.487. The topological polar surface area (TPSA) is 103 Å². The smallest absolute Gasteiger partial charge is 0.262 e. The Bertz CT molecular complexity index is 1260. The molecule has 0 aromatic heterocycles. The van der Waals surface area contributed by atoms with Gasteiger partial charge in [-0.05, 0) is 67.4 Å². The Kier molecular flexibility index (Phi) is 7.44. The molecule has 0 aliphatic rings. The van der Waals surface area contributed by atoms with E-state index in [4.69, 9.17) is 14.2 Å². The normalized spacial score (nSPS) is 10.9. The van der Waals surface area contributed by atoms with Crippen LogP contribution in [-0.2, 0) is 14.8 Å². The Hall–Kier alpha value is -3.72. The molecule has 0 unspecified atom stereocenters. The summed E-state index contributed by atoms with van der Waals surface area (Å²) >= 11 is 0. The van der Waals surface area contributed by atoms with Gasteiger partial charge in [-0.15, -0.1) is 0 Å². The highest BCUT2D eigenvalue weighted by Crippen LogP contribution is 2.30. The van der Waals surface area contributed by atoms with Gasteiger partial charge in [-0.1, -0.05) is 18.2 Å². The van der Waals surface area contributed by atoms with Gasteiger partial charge in [0.1, 0.15) is 17.2 Å². The number of nitrogens with one attached hydrogen (secondary N) is 2. The molecule has 0 saturated carbocycles. The van der Waals surface area contributed by atoms with Crippen LogP contribution < -0.4 is 24.2 Å². The summed E-state index contributed by atoms with van der Waals surface area (Å²) in [5.41, 5.74) is 2.67. The Morgan fingerprint density at radius 1 is 0.848 bits per heavy atom. The number of ether oxygens (including phenoxy) is 3. The molecule has 0 saturated heterocycles. The molecule has 1 amide bonds. The van der Waals surface area contributed by atoms with Crippen molar-refractivity contribution in [3.8, 4) is 17.2 Å². The van der Waals surface area contributed by atoms with Crippen molar-refractivity contribution in [3.63, 3.8) is 0 Å². The number of rotatable bonds is 9. The molecule has 0 spiro atoms. The Labute approximate surface area is 193 Å². The van der Waals surface area contributed by atoms with Gasteiger partial charge in [-0.2, -0.15) is 0 Å². The van der Waals surface area contributed by atoms with Crippen LogP contribution in [0.25, 0.3) is 0 Å². The van der Waals surface area contributed by atoms with Crippen LogP contribution in [0.4, 0.5) is 11.4 Å². The number of para-hydroxylation sites is 2. The largest absolute Gasteiger partial charge is 0.495 e. The Morgan fingerprint density at radius 3 is 2.24 bits per heavy atom. The summed E-state index contributed by atoms with van der Waals surface area (Å²) in [5, 5.41) is 2.65. The first-order valence-electron chi connectivity index (χ1n) is 10.1. The van der Waals surface area contributed by atoms with Gasteiger partial charge in [-0.25, -0.2) is 8.42 Å². The van der Waals surface area contributed by atoms with Crippen LogP contribution in [0, 0.1) is 13.8 Å². The van der Waals surface area contributed by atoms with Gasteiger partial charge in [0.05, 0.1) is 30.5 Å².